The Balaban J connectivity index is 1.45. The van der Waals surface area contributed by atoms with Gasteiger partial charge in [0.25, 0.3) is 0 Å². The van der Waals surface area contributed by atoms with Gasteiger partial charge in [-0.1, -0.05) is 24.3 Å². The zero-order chi connectivity index (χ0) is 19.3. The van der Waals surface area contributed by atoms with Crippen molar-refractivity contribution in [2.24, 2.45) is 0 Å². The second-order valence-corrected chi connectivity index (χ2v) is 9.56. The molecule has 0 aliphatic carbocycles. The van der Waals surface area contributed by atoms with Gasteiger partial charge in [0.2, 0.25) is 12.7 Å². The van der Waals surface area contributed by atoms with E-state index in [1.165, 1.54) is 0 Å². The molecule has 0 bridgehead atoms. The first-order chi connectivity index (χ1) is 13.5. The van der Waals surface area contributed by atoms with Crippen LogP contribution in [0.5, 0.6) is 11.5 Å². The van der Waals surface area contributed by atoms with Gasteiger partial charge in [0.15, 0.2) is 21.3 Å². The summed E-state index contributed by atoms with van der Waals surface area (Å²) in [5.74, 6) is 1.37. The molecule has 3 heterocycles. The zero-order valence-electron chi connectivity index (χ0n) is 15.2. The molecule has 3 aliphatic heterocycles. The lowest BCUT2D eigenvalue weighted by molar-refractivity contribution is -0.123. The normalized spacial score (nSPS) is 25.7. The molecule has 5 rings (SSSR count). The van der Waals surface area contributed by atoms with Crippen LogP contribution in [-0.4, -0.2) is 56.2 Å². The van der Waals surface area contributed by atoms with E-state index in [1.807, 2.05) is 53.4 Å². The number of ether oxygens (including phenoxy) is 2. The number of rotatable bonds is 3. The molecule has 2 aromatic carbocycles. The molecule has 2 fully saturated rings. The quantitative estimate of drug-likeness (QED) is 0.776. The molecule has 2 atom stereocenters. The average molecular weight is 400 g/mol. The summed E-state index contributed by atoms with van der Waals surface area (Å²) in [6.45, 7) is 0.873. The largest absolute Gasteiger partial charge is 0.454 e. The second-order valence-electron chi connectivity index (χ2n) is 7.40. The highest BCUT2D eigenvalue weighted by Crippen LogP contribution is 2.35. The molecule has 0 N–H and O–H groups in total. The minimum absolute atomic E-state index is 0.00403. The Morgan fingerprint density at radius 2 is 1.71 bits per heavy atom. The lowest BCUT2D eigenvalue weighted by atomic mass is 10.0. The number of carbonyl (C=O) groups excluding carboxylic acids is 1. The number of para-hydroxylation sites is 1. The van der Waals surface area contributed by atoms with Crippen molar-refractivity contribution in [1.29, 1.82) is 0 Å². The zero-order valence-corrected chi connectivity index (χ0v) is 16.0. The molecule has 0 unspecified atom stereocenters. The Kier molecular flexibility index (Phi) is 4.06. The predicted octanol–water partition coefficient (Wildman–Crippen LogP) is 1.43. The van der Waals surface area contributed by atoms with Crippen molar-refractivity contribution in [2.75, 3.05) is 29.7 Å². The fourth-order valence-electron chi connectivity index (χ4n) is 4.33. The summed E-state index contributed by atoms with van der Waals surface area (Å²) >= 11 is 0. The maximum atomic E-state index is 13.0. The number of amides is 1. The van der Waals surface area contributed by atoms with E-state index in [9.17, 15) is 13.2 Å². The number of hydrogen-bond acceptors (Lipinski definition) is 6. The molecule has 7 nitrogen and oxygen atoms in total. The van der Waals surface area contributed by atoms with Crippen LogP contribution >= 0.6 is 0 Å². The van der Waals surface area contributed by atoms with Gasteiger partial charge in [-0.05, 0) is 29.8 Å². The highest BCUT2D eigenvalue weighted by atomic mass is 32.2. The van der Waals surface area contributed by atoms with Gasteiger partial charge in [-0.25, -0.2) is 8.42 Å². The van der Waals surface area contributed by atoms with E-state index in [-0.39, 0.29) is 42.8 Å². The number of fused-ring (bicyclic) bond motifs is 2. The third kappa shape index (κ3) is 3.02. The highest BCUT2D eigenvalue weighted by Gasteiger charge is 2.49. The van der Waals surface area contributed by atoms with Gasteiger partial charge in [-0.15, -0.1) is 0 Å². The first kappa shape index (κ1) is 17.5. The number of hydrogen-bond donors (Lipinski definition) is 0. The summed E-state index contributed by atoms with van der Waals surface area (Å²) in [5, 5.41) is 0. The Bertz CT molecular complexity index is 1020. The number of nitrogens with zero attached hydrogens (tertiary/aromatic N) is 2. The van der Waals surface area contributed by atoms with E-state index in [0.717, 1.165) is 11.3 Å². The molecule has 146 valence electrons. The van der Waals surface area contributed by atoms with Gasteiger partial charge in [-0.2, -0.15) is 0 Å². The van der Waals surface area contributed by atoms with E-state index in [2.05, 4.69) is 0 Å². The fourth-order valence-corrected chi connectivity index (χ4v) is 6.31. The Labute approximate surface area is 163 Å². The van der Waals surface area contributed by atoms with E-state index in [1.54, 1.807) is 4.90 Å². The number of piperazine rings is 1. The van der Waals surface area contributed by atoms with E-state index in [4.69, 9.17) is 9.47 Å². The average Bonchev–Trinajstić information content (AvgIpc) is 3.25. The van der Waals surface area contributed by atoms with Gasteiger partial charge in [-0.3, -0.25) is 9.69 Å². The molecule has 0 saturated carbocycles. The Morgan fingerprint density at radius 3 is 2.54 bits per heavy atom. The summed E-state index contributed by atoms with van der Waals surface area (Å²) in [4.78, 5) is 16.6. The molecule has 0 radical (unpaired) electrons. The van der Waals surface area contributed by atoms with Gasteiger partial charge in [0, 0.05) is 18.3 Å². The molecule has 3 aliphatic rings. The summed E-state index contributed by atoms with van der Waals surface area (Å²) in [5.41, 5.74) is 1.72. The minimum Gasteiger partial charge on any atom is -0.454 e. The highest BCUT2D eigenvalue weighted by molar-refractivity contribution is 7.91. The van der Waals surface area contributed by atoms with Crippen LogP contribution in [0.2, 0.25) is 0 Å². The third-order valence-electron chi connectivity index (χ3n) is 5.56. The molecule has 1 amide bonds. The number of anilines is 1. The lowest BCUT2D eigenvalue weighted by Crippen LogP contribution is -2.61. The Hall–Kier alpha value is -2.58. The van der Waals surface area contributed by atoms with Crippen LogP contribution in [0.4, 0.5) is 5.69 Å². The van der Waals surface area contributed by atoms with E-state index < -0.39 is 9.84 Å². The first-order valence-electron chi connectivity index (χ1n) is 9.20. The SMILES string of the molecule is O=C1CN(Cc2ccc3c(c2)OCO3)[C@@H]2CS(=O)(=O)C[C@H]2N1c1ccccc1. The van der Waals surface area contributed by atoms with Crippen molar-refractivity contribution < 1.29 is 22.7 Å². The van der Waals surface area contributed by atoms with Crippen LogP contribution in [0.15, 0.2) is 48.5 Å². The van der Waals surface area contributed by atoms with Crippen molar-refractivity contribution in [3.05, 3.63) is 54.1 Å². The summed E-state index contributed by atoms with van der Waals surface area (Å²) < 4.78 is 35.6. The first-order valence-corrected chi connectivity index (χ1v) is 11.0. The van der Waals surface area contributed by atoms with Crippen molar-refractivity contribution in [3.63, 3.8) is 0 Å². The van der Waals surface area contributed by atoms with Gasteiger partial charge in [0.1, 0.15) is 0 Å². The van der Waals surface area contributed by atoms with Crippen LogP contribution in [0, 0.1) is 0 Å². The van der Waals surface area contributed by atoms with Gasteiger partial charge < -0.3 is 14.4 Å². The molecular weight excluding hydrogens is 380 g/mol. The summed E-state index contributed by atoms with van der Waals surface area (Å²) in [6, 6.07) is 14.4. The van der Waals surface area contributed by atoms with Crippen molar-refractivity contribution >= 4 is 21.4 Å². The second kappa shape index (κ2) is 6.49. The predicted molar refractivity (Wildman–Crippen MR) is 103 cm³/mol. The summed E-state index contributed by atoms with van der Waals surface area (Å²) in [7, 11) is -3.21. The maximum absolute atomic E-state index is 13.0. The standard InChI is InChI=1S/C20H20N2O5S/c23-20-10-21(9-14-6-7-18-19(8-14)27-13-26-18)16-11-28(24,25)12-17(16)22(20)15-4-2-1-3-5-15/h1-8,16-17H,9-13H2/t16-,17-/m1/s1. The molecule has 2 saturated heterocycles. The summed E-state index contributed by atoms with van der Waals surface area (Å²) in [6.07, 6.45) is 0. The van der Waals surface area contributed by atoms with E-state index >= 15 is 0 Å². The van der Waals surface area contributed by atoms with E-state index in [0.29, 0.717) is 18.0 Å². The van der Waals surface area contributed by atoms with Crippen molar-refractivity contribution in [2.45, 2.75) is 18.6 Å². The molecule has 0 spiro atoms. The van der Waals surface area contributed by atoms with Gasteiger partial charge in [0.05, 0.1) is 24.1 Å². The molecule has 28 heavy (non-hydrogen) atoms. The number of benzene rings is 2. The molecule has 8 heteroatoms. The van der Waals surface area contributed by atoms with Crippen LogP contribution in [0.3, 0.4) is 0 Å². The monoisotopic (exact) mass is 400 g/mol. The lowest BCUT2D eigenvalue weighted by Gasteiger charge is -2.43. The van der Waals surface area contributed by atoms with Crippen LogP contribution < -0.4 is 14.4 Å². The maximum Gasteiger partial charge on any atom is 0.241 e. The number of carbonyl (C=O) groups is 1. The van der Waals surface area contributed by atoms with Crippen molar-refractivity contribution in [3.8, 4) is 11.5 Å². The van der Waals surface area contributed by atoms with Crippen molar-refractivity contribution in [1.82, 2.24) is 4.90 Å². The minimum atomic E-state index is -3.21. The topological polar surface area (TPSA) is 76.1 Å². The third-order valence-corrected chi connectivity index (χ3v) is 7.26. The molecular formula is C20H20N2O5S. The van der Waals surface area contributed by atoms with Crippen LogP contribution in [0.1, 0.15) is 5.56 Å². The number of sulfone groups is 1. The van der Waals surface area contributed by atoms with Gasteiger partial charge >= 0.3 is 0 Å². The Morgan fingerprint density at radius 1 is 0.964 bits per heavy atom. The molecule has 0 aromatic heterocycles. The smallest absolute Gasteiger partial charge is 0.241 e. The van der Waals surface area contributed by atoms with Crippen LogP contribution in [0.25, 0.3) is 0 Å². The fraction of sp³-hybridized carbons (Fsp3) is 0.350. The van der Waals surface area contributed by atoms with Crippen LogP contribution in [-0.2, 0) is 21.2 Å². The molecule has 2 aromatic rings.